The van der Waals surface area contributed by atoms with Gasteiger partial charge in [-0.15, -0.1) is 0 Å². The standard InChI is InChI=1S/C23H24N6O2/c1-28-14-18(13-26-28)20-3-2-17-12-25-19(10-21(17)27-20)11-22(30)16-4-7-29(8-5-16)15-23-24-6-9-31-23/h2-3,6,9-10,12-14,16H,4-5,7-8,11,15H2,1H3. The molecular formula is C23H24N6O2. The van der Waals surface area contributed by atoms with Crippen LogP contribution in [0.3, 0.4) is 0 Å². The molecule has 1 fully saturated rings. The molecule has 5 rings (SSSR count). The van der Waals surface area contributed by atoms with Crippen molar-refractivity contribution in [1.82, 2.24) is 29.6 Å². The molecule has 1 aliphatic heterocycles. The summed E-state index contributed by atoms with van der Waals surface area (Å²) in [6.07, 6.45) is 10.9. The lowest BCUT2D eigenvalue weighted by Crippen LogP contribution is -2.36. The molecule has 0 unspecified atom stereocenters. The second-order valence-electron chi connectivity index (χ2n) is 8.09. The number of hydrogen-bond donors (Lipinski definition) is 0. The number of likely N-dealkylation sites (tertiary alicyclic amines) is 1. The van der Waals surface area contributed by atoms with E-state index in [4.69, 9.17) is 9.40 Å². The summed E-state index contributed by atoms with van der Waals surface area (Å²) in [6, 6.07) is 5.91. The topological polar surface area (TPSA) is 89.9 Å². The fourth-order valence-electron chi connectivity index (χ4n) is 4.13. The highest BCUT2D eigenvalue weighted by Crippen LogP contribution is 2.23. The zero-order valence-corrected chi connectivity index (χ0v) is 17.4. The van der Waals surface area contributed by atoms with Gasteiger partial charge in [-0.25, -0.2) is 9.97 Å². The highest BCUT2D eigenvalue weighted by Gasteiger charge is 2.25. The highest BCUT2D eigenvalue weighted by molar-refractivity contribution is 5.85. The molecule has 31 heavy (non-hydrogen) atoms. The van der Waals surface area contributed by atoms with E-state index in [1.165, 1.54) is 0 Å². The summed E-state index contributed by atoms with van der Waals surface area (Å²) in [5, 5.41) is 5.18. The molecule has 1 aliphatic rings. The molecule has 0 spiro atoms. The summed E-state index contributed by atoms with van der Waals surface area (Å²) in [4.78, 5) is 28.6. The van der Waals surface area contributed by atoms with Crippen LogP contribution in [0.5, 0.6) is 0 Å². The number of fused-ring (bicyclic) bond motifs is 1. The normalized spacial score (nSPS) is 15.5. The first-order valence-corrected chi connectivity index (χ1v) is 10.5. The maximum atomic E-state index is 12.9. The minimum absolute atomic E-state index is 0.0768. The Labute approximate surface area is 179 Å². The van der Waals surface area contributed by atoms with Crippen LogP contribution in [0, 0.1) is 5.92 Å². The van der Waals surface area contributed by atoms with E-state index in [9.17, 15) is 4.79 Å². The van der Waals surface area contributed by atoms with Gasteiger partial charge < -0.3 is 4.42 Å². The largest absolute Gasteiger partial charge is 0.448 e. The summed E-state index contributed by atoms with van der Waals surface area (Å²) < 4.78 is 7.08. The number of oxazole rings is 1. The molecule has 4 aromatic heterocycles. The first-order chi connectivity index (χ1) is 15.1. The Morgan fingerprint density at radius 3 is 2.81 bits per heavy atom. The molecule has 8 nitrogen and oxygen atoms in total. The number of carbonyl (C=O) groups excluding carboxylic acids is 1. The number of aromatic nitrogens is 5. The average molecular weight is 416 g/mol. The van der Waals surface area contributed by atoms with Crippen molar-refractivity contribution in [3.63, 3.8) is 0 Å². The van der Waals surface area contributed by atoms with Crippen molar-refractivity contribution in [2.24, 2.45) is 13.0 Å². The first kappa shape index (κ1) is 19.6. The van der Waals surface area contributed by atoms with Gasteiger partial charge in [-0.05, 0) is 44.1 Å². The smallest absolute Gasteiger partial charge is 0.208 e. The van der Waals surface area contributed by atoms with Crippen molar-refractivity contribution in [1.29, 1.82) is 0 Å². The highest BCUT2D eigenvalue weighted by atomic mass is 16.3. The van der Waals surface area contributed by atoms with Crippen LogP contribution in [0.1, 0.15) is 24.4 Å². The summed E-state index contributed by atoms with van der Waals surface area (Å²) in [5.74, 6) is 1.06. The molecule has 5 heterocycles. The molecule has 0 amide bonds. The second kappa shape index (κ2) is 8.39. The van der Waals surface area contributed by atoms with Gasteiger partial charge in [-0.3, -0.25) is 19.4 Å². The van der Waals surface area contributed by atoms with E-state index < -0.39 is 0 Å². The monoisotopic (exact) mass is 416 g/mol. The van der Waals surface area contributed by atoms with Gasteiger partial charge in [0.15, 0.2) is 0 Å². The van der Waals surface area contributed by atoms with Crippen molar-refractivity contribution < 1.29 is 9.21 Å². The molecule has 0 saturated carbocycles. The van der Waals surface area contributed by atoms with Gasteiger partial charge in [0.1, 0.15) is 12.0 Å². The van der Waals surface area contributed by atoms with E-state index in [1.807, 2.05) is 31.4 Å². The Bertz CT molecular complexity index is 1190. The molecule has 8 heteroatoms. The van der Waals surface area contributed by atoms with Gasteiger partial charge in [0.05, 0.1) is 30.1 Å². The second-order valence-corrected chi connectivity index (χ2v) is 8.09. The van der Waals surface area contributed by atoms with Crippen LogP contribution in [0.25, 0.3) is 22.2 Å². The number of hydrogen-bond acceptors (Lipinski definition) is 7. The zero-order chi connectivity index (χ0) is 21.2. The number of rotatable bonds is 6. The van der Waals surface area contributed by atoms with Crippen LogP contribution in [-0.2, 0) is 24.8 Å². The Morgan fingerprint density at radius 2 is 2.06 bits per heavy atom. The van der Waals surface area contributed by atoms with Gasteiger partial charge in [0, 0.05) is 48.4 Å². The van der Waals surface area contributed by atoms with E-state index in [-0.39, 0.29) is 11.7 Å². The van der Waals surface area contributed by atoms with Gasteiger partial charge in [-0.2, -0.15) is 5.10 Å². The molecule has 0 N–H and O–H groups in total. The predicted molar refractivity (Wildman–Crippen MR) is 115 cm³/mol. The van der Waals surface area contributed by atoms with Crippen molar-refractivity contribution >= 4 is 16.7 Å². The number of carbonyl (C=O) groups is 1. The maximum Gasteiger partial charge on any atom is 0.208 e. The average Bonchev–Trinajstić information content (AvgIpc) is 3.45. The van der Waals surface area contributed by atoms with E-state index in [0.29, 0.717) is 13.0 Å². The first-order valence-electron chi connectivity index (χ1n) is 10.5. The van der Waals surface area contributed by atoms with Gasteiger partial charge >= 0.3 is 0 Å². The minimum atomic E-state index is 0.0768. The van der Waals surface area contributed by atoms with Crippen molar-refractivity contribution in [2.75, 3.05) is 13.1 Å². The zero-order valence-electron chi connectivity index (χ0n) is 17.4. The fraction of sp³-hybridized carbons (Fsp3) is 0.348. The lowest BCUT2D eigenvalue weighted by molar-refractivity contribution is -0.123. The van der Waals surface area contributed by atoms with Crippen LogP contribution in [0.4, 0.5) is 0 Å². The Morgan fingerprint density at radius 1 is 1.19 bits per heavy atom. The van der Waals surface area contributed by atoms with E-state index in [2.05, 4.69) is 20.0 Å². The molecule has 158 valence electrons. The summed E-state index contributed by atoms with van der Waals surface area (Å²) in [6.45, 7) is 2.45. The number of aryl methyl sites for hydroxylation is 1. The number of Topliss-reactive ketones (excluding diaryl/α,β-unsaturated/α-hetero) is 1. The van der Waals surface area contributed by atoms with Crippen LogP contribution < -0.4 is 0 Å². The molecule has 0 aliphatic carbocycles. The van der Waals surface area contributed by atoms with Gasteiger partial charge in [0.25, 0.3) is 0 Å². The number of ketones is 1. The van der Waals surface area contributed by atoms with Crippen molar-refractivity contribution in [2.45, 2.75) is 25.8 Å². The number of piperidine rings is 1. The summed E-state index contributed by atoms with van der Waals surface area (Å²) in [7, 11) is 1.89. The molecule has 0 radical (unpaired) electrons. The minimum Gasteiger partial charge on any atom is -0.448 e. The Hall–Kier alpha value is -3.39. The van der Waals surface area contributed by atoms with E-state index >= 15 is 0 Å². The lowest BCUT2D eigenvalue weighted by atomic mass is 9.90. The van der Waals surface area contributed by atoms with E-state index in [0.717, 1.165) is 59.7 Å². The summed E-state index contributed by atoms with van der Waals surface area (Å²) >= 11 is 0. The van der Waals surface area contributed by atoms with Crippen LogP contribution in [-0.4, -0.2) is 48.5 Å². The van der Waals surface area contributed by atoms with Gasteiger partial charge in [-0.1, -0.05) is 0 Å². The maximum absolute atomic E-state index is 12.9. The predicted octanol–water partition coefficient (Wildman–Crippen LogP) is 3.04. The molecule has 0 atom stereocenters. The van der Waals surface area contributed by atoms with Crippen LogP contribution >= 0.6 is 0 Å². The van der Waals surface area contributed by atoms with Crippen LogP contribution in [0.2, 0.25) is 0 Å². The third-order valence-electron chi connectivity index (χ3n) is 5.87. The third kappa shape index (κ3) is 4.39. The summed E-state index contributed by atoms with van der Waals surface area (Å²) in [5.41, 5.74) is 3.45. The molecule has 1 saturated heterocycles. The van der Waals surface area contributed by atoms with Crippen molar-refractivity contribution in [3.05, 3.63) is 60.8 Å². The lowest BCUT2D eigenvalue weighted by Gasteiger charge is -2.30. The Kier molecular flexibility index (Phi) is 5.30. The van der Waals surface area contributed by atoms with Crippen molar-refractivity contribution in [3.8, 4) is 11.3 Å². The molecular weight excluding hydrogens is 392 g/mol. The fourth-order valence-corrected chi connectivity index (χ4v) is 4.13. The number of nitrogens with zero attached hydrogens (tertiary/aromatic N) is 6. The third-order valence-corrected chi connectivity index (χ3v) is 5.87. The van der Waals surface area contributed by atoms with Gasteiger partial charge in [0.2, 0.25) is 5.89 Å². The van der Waals surface area contributed by atoms with E-state index in [1.54, 1.807) is 29.5 Å². The molecule has 4 aromatic rings. The molecule has 0 aromatic carbocycles. The molecule has 0 bridgehead atoms. The number of pyridine rings is 2. The Balaban J connectivity index is 1.24. The van der Waals surface area contributed by atoms with Crippen LogP contribution in [0.15, 0.2) is 53.7 Å². The SMILES string of the molecule is Cn1cc(-c2ccc3cnc(CC(=O)C4CCN(Cc5ncco5)CC4)cc3n2)cn1. The quantitative estimate of drug-likeness (QED) is 0.477.